The van der Waals surface area contributed by atoms with Crippen LogP contribution in [0.3, 0.4) is 0 Å². The number of anilines is 1. The van der Waals surface area contributed by atoms with Gasteiger partial charge in [0.2, 0.25) is 0 Å². The Labute approximate surface area is 196 Å². The van der Waals surface area contributed by atoms with Gasteiger partial charge in [-0.05, 0) is 41.3 Å². The Morgan fingerprint density at radius 1 is 1.12 bits per heavy atom. The lowest BCUT2D eigenvalue weighted by Gasteiger charge is -2.04. The summed E-state index contributed by atoms with van der Waals surface area (Å²) < 4.78 is 30.0. The number of benzene rings is 2. The zero-order valence-electron chi connectivity index (χ0n) is 18.5. The van der Waals surface area contributed by atoms with E-state index < -0.39 is 9.84 Å². The van der Waals surface area contributed by atoms with E-state index in [4.69, 9.17) is 4.42 Å². The van der Waals surface area contributed by atoms with Crippen LogP contribution >= 0.6 is 11.3 Å². The second-order valence-corrected chi connectivity index (χ2v) is 11.0. The fourth-order valence-electron chi connectivity index (χ4n) is 3.19. The Morgan fingerprint density at radius 3 is 2.64 bits per heavy atom. The largest absolute Gasteiger partial charge is 0.449 e. The van der Waals surface area contributed by atoms with Crippen molar-refractivity contribution >= 4 is 42.6 Å². The average Bonchev–Trinajstić information content (AvgIpc) is 3.39. The smallest absolute Gasteiger partial charge is 0.321 e. The maximum Gasteiger partial charge on any atom is 0.321 e. The molecule has 0 bridgehead atoms. The number of hydrogen-bond donors (Lipinski definition) is 2. The highest BCUT2D eigenvalue weighted by molar-refractivity contribution is 7.90. The van der Waals surface area contributed by atoms with E-state index in [1.807, 2.05) is 38.1 Å². The molecule has 2 aromatic carbocycles. The molecule has 0 aliphatic heterocycles. The quantitative estimate of drug-likeness (QED) is 0.388. The molecule has 4 rings (SSSR count). The van der Waals surface area contributed by atoms with Crippen LogP contribution in [0.25, 0.3) is 21.3 Å². The standard InChI is InChI=1S/C23H24N4O4S2/c1-14(2)19-13-31-21(25-19)9-10-24-22(28)27-23-26-18-8-7-16(12-20(18)32-23)15-5-4-6-17(11-15)33(3,29)30/h4-8,11-14H,9-10H2,1-3H3,(H2,24,26,27,28). The second kappa shape index (κ2) is 9.32. The zero-order chi connectivity index (χ0) is 23.6. The molecular weight excluding hydrogens is 460 g/mol. The zero-order valence-corrected chi connectivity index (χ0v) is 20.1. The highest BCUT2D eigenvalue weighted by Crippen LogP contribution is 2.31. The van der Waals surface area contributed by atoms with Crippen LogP contribution in [0.4, 0.5) is 9.93 Å². The van der Waals surface area contributed by atoms with E-state index in [1.165, 1.54) is 17.6 Å². The molecule has 0 fully saturated rings. The normalized spacial score (nSPS) is 11.8. The van der Waals surface area contributed by atoms with Gasteiger partial charge in [-0.3, -0.25) is 5.32 Å². The Hall–Kier alpha value is -3.24. The highest BCUT2D eigenvalue weighted by atomic mass is 32.2. The van der Waals surface area contributed by atoms with E-state index in [0.29, 0.717) is 29.9 Å². The third-order valence-electron chi connectivity index (χ3n) is 4.99. The molecule has 10 heteroatoms. The molecule has 0 unspecified atom stereocenters. The number of aromatic nitrogens is 2. The predicted octanol–water partition coefficient (Wildman–Crippen LogP) is 4.84. The van der Waals surface area contributed by atoms with Crippen LogP contribution in [0.5, 0.6) is 0 Å². The second-order valence-electron chi connectivity index (χ2n) is 7.95. The first-order valence-corrected chi connectivity index (χ1v) is 13.1. The molecular formula is C23H24N4O4S2. The number of rotatable bonds is 7. The topological polar surface area (TPSA) is 114 Å². The van der Waals surface area contributed by atoms with Crippen LogP contribution in [-0.4, -0.2) is 37.2 Å². The summed E-state index contributed by atoms with van der Waals surface area (Å²) in [7, 11) is -3.29. The summed E-state index contributed by atoms with van der Waals surface area (Å²) >= 11 is 1.35. The number of amides is 2. The number of carbonyl (C=O) groups excluding carboxylic acids is 1. The van der Waals surface area contributed by atoms with Crippen molar-refractivity contribution in [1.82, 2.24) is 15.3 Å². The third kappa shape index (κ3) is 5.58. The minimum absolute atomic E-state index is 0.272. The van der Waals surface area contributed by atoms with E-state index in [0.717, 1.165) is 27.0 Å². The fourth-order valence-corrected chi connectivity index (χ4v) is 4.76. The lowest BCUT2D eigenvalue weighted by atomic mass is 10.1. The minimum Gasteiger partial charge on any atom is -0.449 e. The summed E-state index contributed by atoms with van der Waals surface area (Å²) in [6, 6.07) is 12.1. The SMILES string of the molecule is CC(C)c1coc(CCNC(=O)Nc2nc3ccc(-c4cccc(S(C)(=O)=O)c4)cc3s2)n1. The van der Waals surface area contributed by atoms with Crippen LogP contribution in [0, 0.1) is 0 Å². The Balaban J connectivity index is 1.40. The van der Waals surface area contributed by atoms with Crippen LogP contribution in [-0.2, 0) is 16.3 Å². The van der Waals surface area contributed by atoms with Gasteiger partial charge >= 0.3 is 6.03 Å². The Kier molecular flexibility index (Phi) is 6.48. The number of hydrogen-bond acceptors (Lipinski definition) is 7. The van der Waals surface area contributed by atoms with Gasteiger partial charge < -0.3 is 9.73 Å². The molecule has 0 aliphatic rings. The van der Waals surface area contributed by atoms with Gasteiger partial charge in [-0.15, -0.1) is 0 Å². The number of nitrogens with one attached hydrogen (secondary N) is 2. The number of thiazole rings is 1. The van der Waals surface area contributed by atoms with Crippen molar-refractivity contribution in [2.45, 2.75) is 31.1 Å². The van der Waals surface area contributed by atoms with Gasteiger partial charge in [0.05, 0.1) is 20.8 Å². The van der Waals surface area contributed by atoms with Crippen molar-refractivity contribution in [3.63, 3.8) is 0 Å². The molecule has 172 valence electrons. The Bertz CT molecular complexity index is 1410. The first kappa shape index (κ1) is 22.9. The van der Waals surface area contributed by atoms with Gasteiger partial charge in [0.25, 0.3) is 0 Å². The van der Waals surface area contributed by atoms with Gasteiger partial charge in [-0.2, -0.15) is 0 Å². The van der Waals surface area contributed by atoms with Crippen LogP contribution < -0.4 is 10.6 Å². The molecule has 0 spiro atoms. The molecule has 2 N–H and O–H groups in total. The number of sulfone groups is 1. The molecule has 0 atom stereocenters. The number of nitrogens with zero attached hydrogens (tertiary/aromatic N) is 2. The van der Waals surface area contributed by atoms with E-state index in [9.17, 15) is 13.2 Å². The minimum atomic E-state index is -3.29. The van der Waals surface area contributed by atoms with Crippen molar-refractivity contribution in [1.29, 1.82) is 0 Å². The van der Waals surface area contributed by atoms with Crippen LogP contribution in [0.2, 0.25) is 0 Å². The molecule has 0 radical (unpaired) electrons. The van der Waals surface area contributed by atoms with Crippen LogP contribution in [0.1, 0.15) is 31.4 Å². The fraction of sp³-hybridized carbons (Fsp3) is 0.261. The summed E-state index contributed by atoms with van der Waals surface area (Å²) in [6.45, 7) is 4.47. The summed E-state index contributed by atoms with van der Waals surface area (Å²) in [5.41, 5.74) is 3.32. The van der Waals surface area contributed by atoms with Crippen molar-refractivity contribution in [3.05, 3.63) is 60.3 Å². The number of oxazole rings is 1. The molecule has 4 aromatic rings. The number of urea groups is 1. The molecule has 2 heterocycles. The maximum atomic E-state index is 12.2. The lowest BCUT2D eigenvalue weighted by Crippen LogP contribution is -2.30. The predicted molar refractivity (Wildman–Crippen MR) is 129 cm³/mol. The molecule has 2 aromatic heterocycles. The van der Waals surface area contributed by atoms with Crippen molar-refractivity contribution in [3.8, 4) is 11.1 Å². The summed E-state index contributed by atoms with van der Waals surface area (Å²) in [4.78, 5) is 21.4. The molecule has 8 nitrogen and oxygen atoms in total. The summed E-state index contributed by atoms with van der Waals surface area (Å²) in [5, 5.41) is 6.01. The first-order chi connectivity index (χ1) is 15.7. The van der Waals surface area contributed by atoms with Crippen molar-refractivity contribution < 1.29 is 17.6 Å². The van der Waals surface area contributed by atoms with Crippen molar-refractivity contribution in [2.75, 3.05) is 18.1 Å². The van der Waals surface area contributed by atoms with E-state index in [2.05, 4.69) is 20.6 Å². The van der Waals surface area contributed by atoms with Gasteiger partial charge in [-0.1, -0.05) is 43.4 Å². The van der Waals surface area contributed by atoms with Gasteiger partial charge in [-0.25, -0.2) is 23.2 Å². The molecule has 0 saturated heterocycles. The lowest BCUT2D eigenvalue weighted by molar-refractivity contribution is 0.252. The van der Waals surface area contributed by atoms with Crippen LogP contribution in [0.15, 0.2) is 58.0 Å². The van der Waals surface area contributed by atoms with Gasteiger partial charge in [0.1, 0.15) is 6.26 Å². The maximum absolute atomic E-state index is 12.2. The molecule has 33 heavy (non-hydrogen) atoms. The number of fused-ring (bicyclic) bond motifs is 1. The number of carbonyl (C=O) groups is 1. The van der Waals surface area contributed by atoms with E-state index in [1.54, 1.807) is 24.5 Å². The van der Waals surface area contributed by atoms with E-state index in [-0.39, 0.29) is 10.9 Å². The summed E-state index contributed by atoms with van der Waals surface area (Å²) in [6.07, 6.45) is 3.33. The Morgan fingerprint density at radius 2 is 1.91 bits per heavy atom. The average molecular weight is 485 g/mol. The summed E-state index contributed by atoms with van der Waals surface area (Å²) in [5.74, 6) is 0.883. The van der Waals surface area contributed by atoms with Gasteiger partial charge in [0, 0.05) is 19.2 Å². The molecule has 0 saturated carbocycles. The van der Waals surface area contributed by atoms with Gasteiger partial charge in [0.15, 0.2) is 20.9 Å². The molecule has 2 amide bonds. The third-order valence-corrected chi connectivity index (χ3v) is 7.03. The monoisotopic (exact) mass is 484 g/mol. The first-order valence-electron chi connectivity index (χ1n) is 10.4. The molecule has 0 aliphatic carbocycles. The van der Waals surface area contributed by atoms with Crippen molar-refractivity contribution in [2.24, 2.45) is 0 Å². The van der Waals surface area contributed by atoms with E-state index >= 15 is 0 Å². The highest BCUT2D eigenvalue weighted by Gasteiger charge is 2.12.